The van der Waals surface area contributed by atoms with Crippen LogP contribution in [0.25, 0.3) is 0 Å². The molecular formula is C8H7NO3. The SMILES string of the molecule is CC(=O)c1cc(C=O)ncc1O. The first-order valence-corrected chi connectivity index (χ1v) is 3.30. The summed E-state index contributed by atoms with van der Waals surface area (Å²) in [7, 11) is 0. The summed E-state index contributed by atoms with van der Waals surface area (Å²) in [6.07, 6.45) is 1.60. The van der Waals surface area contributed by atoms with Crippen LogP contribution in [0.5, 0.6) is 5.75 Å². The van der Waals surface area contributed by atoms with Crippen LogP contribution in [0.4, 0.5) is 0 Å². The molecule has 0 atom stereocenters. The molecule has 0 bridgehead atoms. The minimum absolute atomic E-state index is 0.118. The van der Waals surface area contributed by atoms with Gasteiger partial charge in [-0.2, -0.15) is 0 Å². The van der Waals surface area contributed by atoms with E-state index in [1.54, 1.807) is 0 Å². The van der Waals surface area contributed by atoms with Crippen LogP contribution in [-0.2, 0) is 0 Å². The molecule has 1 aromatic rings. The lowest BCUT2D eigenvalue weighted by Gasteiger charge is -1.98. The molecule has 1 aromatic heterocycles. The third-order valence-electron chi connectivity index (χ3n) is 1.40. The molecule has 62 valence electrons. The molecule has 4 nitrogen and oxygen atoms in total. The minimum atomic E-state index is -0.294. The fourth-order valence-corrected chi connectivity index (χ4v) is 0.811. The number of nitrogens with zero attached hydrogens (tertiary/aromatic N) is 1. The van der Waals surface area contributed by atoms with Crippen molar-refractivity contribution < 1.29 is 14.7 Å². The van der Waals surface area contributed by atoms with Crippen LogP contribution in [0.2, 0.25) is 0 Å². The second-order valence-electron chi connectivity index (χ2n) is 2.30. The molecule has 0 aliphatic heterocycles. The van der Waals surface area contributed by atoms with Crippen molar-refractivity contribution in [1.29, 1.82) is 0 Å². The maximum Gasteiger partial charge on any atom is 0.168 e. The van der Waals surface area contributed by atoms with Gasteiger partial charge < -0.3 is 5.11 Å². The molecule has 0 aromatic carbocycles. The molecule has 1 heterocycles. The van der Waals surface area contributed by atoms with Crippen molar-refractivity contribution in [1.82, 2.24) is 4.98 Å². The lowest BCUT2D eigenvalue weighted by atomic mass is 10.1. The Bertz CT molecular complexity index is 333. The highest BCUT2D eigenvalue weighted by atomic mass is 16.3. The Kier molecular flexibility index (Phi) is 2.19. The molecule has 1 rings (SSSR count). The number of pyridine rings is 1. The summed E-state index contributed by atoms with van der Waals surface area (Å²) in [5.74, 6) is -0.494. The topological polar surface area (TPSA) is 67.3 Å². The molecule has 1 N–H and O–H groups in total. The van der Waals surface area contributed by atoms with Gasteiger partial charge in [-0.25, -0.2) is 4.98 Å². The fourth-order valence-electron chi connectivity index (χ4n) is 0.811. The van der Waals surface area contributed by atoms with Crippen LogP contribution >= 0.6 is 0 Å². The third kappa shape index (κ3) is 1.47. The summed E-state index contributed by atoms with van der Waals surface area (Å²) in [5.41, 5.74) is 0.255. The Hall–Kier alpha value is -1.71. The number of hydrogen-bond acceptors (Lipinski definition) is 4. The van der Waals surface area contributed by atoms with Gasteiger partial charge in [0.05, 0.1) is 11.8 Å². The van der Waals surface area contributed by atoms with Gasteiger partial charge in [0.15, 0.2) is 12.1 Å². The van der Waals surface area contributed by atoms with Crippen molar-refractivity contribution in [3.8, 4) is 5.75 Å². The van der Waals surface area contributed by atoms with Gasteiger partial charge in [-0.3, -0.25) is 9.59 Å². The smallest absolute Gasteiger partial charge is 0.168 e. The van der Waals surface area contributed by atoms with E-state index in [0.29, 0.717) is 6.29 Å². The number of ketones is 1. The molecule has 0 saturated carbocycles. The molecular weight excluding hydrogens is 158 g/mol. The summed E-state index contributed by atoms with van der Waals surface area (Å²) in [6, 6.07) is 1.25. The Morgan fingerprint density at radius 2 is 2.33 bits per heavy atom. The highest BCUT2D eigenvalue weighted by Crippen LogP contribution is 2.15. The normalized spacial score (nSPS) is 9.42. The van der Waals surface area contributed by atoms with Crippen molar-refractivity contribution in [2.24, 2.45) is 0 Å². The number of aldehydes is 1. The number of carbonyl (C=O) groups excluding carboxylic acids is 2. The van der Waals surface area contributed by atoms with Crippen molar-refractivity contribution in [2.75, 3.05) is 0 Å². The molecule has 4 heteroatoms. The van der Waals surface area contributed by atoms with Gasteiger partial charge in [0.2, 0.25) is 0 Å². The number of aromatic nitrogens is 1. The number of Topliss-reactive ketones (excluding diaryl/α,β-unsaturated/α-hetero) is 1. The molecule has 12 heavy (non-hydrogen) atoms. The van der Waals surface area contributed by atoms with Crippen molar-refractivity contribution in [3.63, 3.8) is 0 Å². The Morgan fingerprint density at radius 1 is 1.67 bits per heavy atom. The molecule has 0 spiro atoms. The first kappa shape index (κ1) is 8.39. The Balaban J connectivity index is 3.25. The average Bonchev–Trinajstić information content (AvgIpc) is 2.05. The second kappa shape index (κ2) is 3.13. The lowest BCUT2D eigenvalue weighted by Crippen LogP contribution is -1.96. The van der Waals surface area contributed by atoms with E-state index in [0.717, 1.165) is 6.20 Å². The van der Waals surface area contributed by atoms with Gasteiger partial charge in [0, 0.05) is 0 Å². The van der Waals surface area contributed by atoms with Crippen LogP contribution in [0.1, 0.15) is 27.8 Å². The molecule has 0 saturated heterocycles. The molecule has 0 amide bonds. The first-order valence-electron chi connectivity index (χ1n) is 3.30. The predicted octanol–water partition coefficient (Wildman–Crippen LogP) is 0.802. The molecule has 0 aliphatic carbocycles. The van der Waals surface area contributed by atoms with Crippen LogP contribution in [0, 0.1) is 0 Å². The van der Waals surface area contributed by atoms with Gasteiger partial charge in [0.1, 0.15) is 11.4 Å². The zero-order valence-electron chi connectivity index (χ0n) is 6.44. The van der Waals surface area contributed by atoms with Gasteiger partial charge in [0.25, 0.3) is 0 Å². The van der Waals surface area contributed by atoms with Crippen LogP contribution in [0.3, 0.4) is 0 Å². The van der Waals surface area contributed by atoms with E-state index < -0.39 is 0 Å². The summed E-state index contributed by atoms with van der Waals surface area (Å²) >= 11 is 0. The van der Waals surface area contributed by atoms with Gasteiger partial charge in [-0.1, -0.05) is 0 Å². The largest absolute Gasteiger partial charge is 0.506 e. The molecule has 0 fully saturated rings. The summed E-state index contributed by atoms with van der Waals surface area (Å²) in [4.78, 5) is 24.6. The van der Waals surface area contributed by atoms with E-state index in [2.05, 4.69) is 4.98 Å². The third-order valence-corrected chi connectivity index (χ3v) is 1.40. The molecule has 0 unspecified atom stereocenters. The zero-order chi connectivity index (χ0) is 9.14. The summed E-state index contributed by atoms with van der Waals surface area (Å²) in [5, 5.41) is 9.10. The standard InChI is InChI=1S/C8H7NO3/c1-5(11)7-2-6(4-10)9-3-8(7)12/h2-4,12H,1H3. The van der Waals surface area contributed by atoms with Gasteiger partial charge >= 0.3 is 0 Å². The second-order valence-corrected chi connectivity index (χ2v) is 2.30. The van der Waals surface area contributed by atoms with E-state index >= 15 is 0 Å². The summed E-state index contributed by atoms with van der Waals surface area (Å²) < 4.78 is 0. The van der Waals surface area contributed by atoms with Crippen molar-refractivity contribution in [3.05, 3.63) is 23.5 Å². The maximum atomic E-state index is 10.8. The van der Waals surface area contributed by atoms with Crippen molar-refractivity contribution in [2.45, 2.75) is 6.92 Å². The lowest BCUT2D eigenvalue weighted by molar-refractivity contribution is 0.101. The first-order chi connectivity index (χ1) is 5.65. The number of hydrogen-bond donors (Lipinski definition) is 1. The highest BCUT2D eigenvalue weighted by molar-refractivity contribution is 5.97. The van der Waals surface area contributed by atoms with E-state index in [-0.39, 0.29) is 22.8 Å². The molecule has 0 radical (unpaired) electrons. The predicted molar refractivity (Wildman–Crippen MR) is 41.3 cm³/mol. The zero-order valence-corrected chi connectivity index (χ0v) is 6.44. The van der Waals surface area contributed by atoms with Crippen LogP contribution in [-0.4, -0.2) is 22.2 Å². The van der Waals surface area contributed by atoms with Crippen LogP contribution < -0.4 is 0 Å². The van der Waals surface area contributed by atoms with E-state index in [1.165, 1.54) is 13.0 Å². The van der Waals surface area contributed by atoms with Crippen molar-refractivity contribution >= 4 is 12.1 Å². The summed E-state index contributed by atoms with van der Waals surface area (Å²) in [6.45, 7) is 1.31. The van der Waals surface area contributed by atoms with Gasteiger partial charge in [-0.15, -0.1) is 0 Å². The number of rotatable bonds is 2. The quantitative estimate of drug-likeness (QED) is 0.520. The Labute approximate surface area is 68.9 Å². The number of carbonyl (C=O) groups is 2. The van der Waals surface area contributed by atoms with Gasteiger partial charge in [-0.05, 0) is 13.0 Å². The fraction of sp³-hybridized carbons (Fsp3) is 0.125. The highest BCUT2D eigenvalue weighted by Gasteiger charge is 2.07. The maximum absolute atomic E-state index is 10.8. The minimum Gasteiger partial charge on any atom is -0.506 e. The molecule has 0 aliphatic rings. The van der Waals surface area contributed by atoms with Crippen LogP contribution in [0.15, 0.2) is 12.3 Å². The Morgan fingerprint density at radius 3 is 2.83 bits per heavy atom. The average molecular weight is 165 g/mol. The van der Waals surface area contributed by atoms with E-state index in [4.69, 9.17) is 5.11 Å². The number of aromatic hydroxyl groups is 1. The van der Waals surface area contributed by atoms with E-state index in [1.807, 2.05) is 0 Å². The monoisotopic (exact) mass is 165 g/mol. The van der Waals surface area contributed by atoms with E-state index in [9.17, 15) is 9.59 Å².